The highest BCUT2D eigenvalue weighted by Gasteiger charge is 2.31. The van der Waals surface area contributed by atoms with Crippen LogP contribution in [0.3, 0.4) is 0 Å². The second kappa shape index (κ2) is 3.74. The number of nitrogens with zero attached hydrogens (tertiary/aromatic N) is 1. The van der Waals surface area contributed by atoms with Gasteiger partial charge in [0.2, 0.25) is 0 Å². The molecule has 0 heterocycles. The van der Waals surface area contributed by atoms with Crippen molar-refractivity contribution in [1.29, 1.82) is 0 Å². The van der Waals surface area contributed by atoms with E-state index in [2.05, 4.69) is 0 Å². The fourth-order valence-corrected chi connectivity index (χ4v) is 1.99. The third kappa shape index (κ3) is 1.60. The Labute approximate surface area is 82.5 Å². The SMILES string of the molecule is CC1=C(C=O)C(C)C([N+](=O)[O-])=C(C)C1. The third-order valence-corrected chi connectivity index (χ3v) is 2.66. The van der Waals surface area contributed by atoms with Crippen LogP contribution in [-0.2, 0) is 4.79 Å². The van der Waals surface area contributed by atoms with Gasteiger partial charge in [-0.2, -0.15) is 0 Å². The lowest BCUT2D eigenvalue weighted by atomic mass is 9.84. The van der Waals surface area contributed by atoms with Crippen LogP contribution >= 0.6 is 0 Å². The van der Waals surface area contributed by atoms with Crippen molar-refractivity contribution in [3.8, 4) is 0 Å². The second-order valence-electron chi connectivity index (χ2n) is 3.67. The minimum Gasteiger partial charge on any atom is -0.298 e. The van der Waals surface area contributed by atoms with Crippen molar-refractivity contribution < 1.29 is 9.72 Å². The number of carbonyl (C=O) groups is 1. The fraction of sp³-hybridized carbons (Fsp3) is 0.500. The van der Waals surface area contributed by atoms with Crippen LogP contribution in [-0.4, -0.2) is 11.2 Å². The number of allylic oxidation sites excluding steroid dienone is 3. The zero-order valence-electron chi connectivity index (χ0n) is 8.53. The Morgan fingerprint density at radius 2 is 2.00 bits per heavy atom. The first kappa shape index (κ1) is 10.6. The summed E-state index contributed by atoms with van der Waals surface area (Å²) < 4.78 is 0. The minimum atomic E-state index is -0.379. The zero-order chi connectivity index (χ0) is 10.9. The summed E-state index contributed by atoms with van der Waals surface area (Å²) in [5.74, 6) is -0.378. The number of aldehydes is 1. The average molecular weight is 195 g/mol. The van der Waals surface area contributed by atoms with E-state index in [9.17, 15) is 14.9 Å². The first-order valence-corrected chi connectivity index (χ1v) is 4.47. The summed E-state index contributed by atoms with van der Waals surface area (Å²) in [6.45, 7) is 5.30. The van der Waals surface area contributed by atoms with E-state index >= 15 is 0 Å². The van der Waals surface area contributed by atoms with Gasteiger partial charge in [-0.05, 0) is 27.2 Å². The van der Waals surface area contributed by atoms with E-state index < -0.39 is 0 Å². The molecule has 0 aromatic rings. The van der Waals surface area contributed by atoms with Crippen LogP contribution < -0.4 is 0 Å². The summed E-state index contributed by atoms with van der Waals surface area (Å²) in [5.41, 5.74) is 2.43. The van der Waals surface area contributed by atoms with Gasteiger partial charge >= 0.3 is 0 Å². The van der Waals surface area contributed by atoms with Gasteiger partial charge in [0.05, 0.1) is 10.8 Å². The summed E-state index contributed by atoms with van der Waals surface area (Å²) in [4.78, 5) is 21.1. The molecule has 0 amide bonds. The number of hydrogen-bond donors (Lipinski definition) is 0. The maximum Gasteiger partial charge on any atom is 0.252 e. The van der Waals surface area contributed by atoms with Gasteiger partial charge in [0, 0.05) is 11.1 Å². The van der Waals surface area contributed by atoms with Crippen molar-refractivity contribution in [2.24, 2.45) is 5.92 Å². The lowest BCUT2D eigenvalue weighted by molar-refractivity contribution is -0.433. The lowest BCUT2D eigenvalue weighted by Gasteiger charge is -2.19. The highest BCUT2D eigenvalue weighted by molar-refractivity contribution is 5.77. The Morgan fingerprint density at radius 1 is 1.43 bits per heavy atom. The molecule has 0 aromatic carbocycles. The van der Waals surface area contributed by atoms with Gasteiger partial charge in [0.1, 0.15) is 6.29 Å². The molecular weight excluding hydrogens is 182 g/mol. The number of rotatable bonds is 2. The molecule has 0 N–H and O–H groups in total. The normalized spacial score (nSPS) is 22.6. The molecule has 1 rings (SSSR count). The molecule has 76 valence electrons. The van der Waals surface area contributed by atoms with Gasteiger partial charge in [-0.15, -0.1) is 0 Å². The summed E-state index contributed by atoms with van der Waals surface area (Å²) in [5, 5.41) is 10.8. The van der Waals surface area contributed by atoms with Gasteiger partial charge in [-0.3, -0.25) is 14.9 Å². The molecule has 1 atom stereocenters. The molecule has 0 saturated carbocycles. The molecule has 14 heavy (non-hydrogen) atoms. The molecule has 1 aliphatic carbocycles. The van der Waals surface area contributed by atoms with E-state index in [0.717, 1.165) is 17.4 Å². The van der Waals surface area contributed by atoms with E-state index in [1.165, 1.54) is 0 Å². The van der Waals surface area contributed by atoms with Crippen LogP contribution in [0.15, 0.2) is 22.4 Å². The predicted octanol–water partition coefficient (Wildman–Crippen LogP) is 2.09. The smallest absolute Gasteiger partial charge is 0.252 e. The maximum absolute atomic E-state index is 10.8. The van der Waals surface area contributed by atoms with E-state index in [0.29, 0.717) is 12.0 Å². The molecule has 0 fully saturated rings. The molecule has 4 heteroatoms. The molecule has 0 saturated heterocycles. The Bertz CT molecular complexity index is 352. The molecule has 1 unspecified atom stereocenters. The molecular formula is C10H13NO3. The van der Waals surface area contributed by atoms with Crippen LogP contribution in [0.25, 0.3) is 0 Å². The van der Waals surface area contributed by atoms with Crippen LogP contribution in [0.4, 0.5) is 0 Å². The van der Waals surface area contributed by atoms with Gasteiger partial charge in [-0.1, -0.05) is 5.57 Å². The standard InChI is InChI=1S/C10H13NO3/c1-6-4-7(2)10(11(13)14)8(3)9(6)5-12/h5,8H,4H2,1-3H3. The van der Waals surface area contributed by atoms with Crippen LogP contribution in [0.1, 0.15) is 27.2 Å². The summed E-state index contributed by atoms with van der Waals surface area (Å²) in [6.07, 6.45) is 1.27. The van der Waals surface area contributed by atoms with Crippen LogP contribution in [0.2, 0.25) is 0 Å². The van der Waals surface area contributed by atoms with E-state index in [1.54, 1.807) is 13.8 Å². The topological polar surface area (TPSA) is 60.2 Å². The molecule has 0 aliphatic heterocycles. The monoisotopic (exact) mass is 195 g/mol. The van der Waals surface area contributed by atoms with Gasteiger partial charge in [0.15, 0.2) is 0 Å². The van der Waals surface area contributed by atoms with Gasteiger partial charge in [-0.25, -0.2) is 0 Å². The minimum absolute atomic E-state index is 0.178. The van der Waals surface area contributed by atoms with Crippen LogP contribution in [0.5, 0.6) is 0 Å². The van der Waals surface area contributed by atoms with Crippen molar-refractivity contribution in [3.05, 3.63) is 32.5 Å². The molecule has 4 nitrogen and oxygen atoms in total. The van der Waals surface area contributed by atoms with Crippen molar-refractivity contribution >= 4 is 6.29 Å². The average Bonchev–Trinajstić information content (AvgIpc) is 2.02. The molecule has 1 aliphatic rings. The second-order valence-corrected chi connectivity index (χ2v) is 3.67. The highest BCUT2D eigenvalue weighted by atomic mass is 16.6. The van der Waals surface area contributed by atoms with Gasteiger partial charge < -0.3 is 0 Å². The number of carbonyl (C=O) groups excluding carboxylic acids is 1. The summed E-state index contributed by atoms with van der Waals surface area (Å²) in [7, 11) is 0. The van der Waals surface area contributed by atoms with Gasteiger partial charge in [0.25, 0.3) is 5.70 Å². The predicted molar refractivity (Wildman–Crippen MR) is 52.2 cm³/mol. The first-order valence-electron chi connectivity index (χ1n) is 4.47. The molecule has 0 bridgehead atoms. The molecule has 0 aromatic heterocycles. The first-order chi connectivity index (χ1) is 6.49. The quantitative estimate of drug-likeness (QED) is 0.385. The summed E-state index contributed by atoms with van der Waals surface area (Å²) >= 11 is 0. The zero-order valence-corrected chi connectivity index (χ0v) is 8.53. The Kier molecular flexibility index (Phi) is 2.84. The Morgan fingerprint density at radius 3 is 2.43 bits per heavy atom. The van der Waals surface area contributed by atoms with Crippen molar-refractivity contribution in [3.63, 3.8) is 0 Å². The largest absolute Gasteiger partial charge is 0.298 e. The fourth-order valence-electron chi connectivity index (χ4n) is 1.99. The molecule has 0 radical (unpaired) electrons. The van der Waals surface area contributed by atoms with Crippen molar-refractivity contribution in [2.45, 2.75) is 27.2 Å². The van der Waals surface area contributed by atoms with Crippen LogP contribution in [0, 0.1) is 16.0 Å². The van der Waals surface area contributed by atoms with E-state index in [4.69, 9.17) is 0 Å². The number of nitro groups is 1. The Balaban J connectivity index is 3.17. The van der Waals surface area contributed by atoms with E-state index in [1.807, 2.05) is 6.92 Å². The maximum atomic E-state index is 10.8. The Hall–Kier alpha value is -1.45. The van der Waals surface area contributed by atoms with E-state index in [-0.39, 0.29) is 16.5 Å². The summed E-state index contributed by atoms with van der Waals surface area (Å²) in [6, 6.07) is 0. The van der Waals surface area contributed by atoms with Crippen molar-refractivity contribution in [2.75, 3.05) is 0 Å². The van der Waals surface area contributed by atoms with Crippen molar-refractivity contribution in [1.82, 2.24) is 0 Å². The lowest BCUT2D eigenvalue weighted by Crippen LogP contribution is -2.19. The third-order valence-electron chi connectivity index (χ3n) is 2.66. The number of hydrogen-bond acceptors (Lipinski definition) is 3. The molecule has 0 spiro atoms. The highest BCUT2D eigenvalue weighted by Crippen LogP contribution is 2.33.